The van der Waals surface area contributed by atoms with E-state index in [9.17, 15) is 9.59 Å². The molecule has 1 aliphatic heterocycles. The zero-order chi connectivity index (χ0) is 10.4. The van der Waals surface area contributed by atoms with Crippen molar-refractivity contribution in [1.82, 2.24) is 5.32 Å². The van der Waals surface area contributed by atoms with Crippen molar-refractivity contribution in [2.75, 3.05) is 13.7 Å². The molecule has 5 nitrogen and oxygen atoms in total. The number of hydrogen-bond donors (Lipinski definition) is 1. The van der Waals surface area contributed by atoms with Crippen molar-refractivity contribution in [3.8, 4) is 0 Å². The zero-order valence-corrected chi connectivity index (χ0v) is 7.90. The molecule has 1 heterocycles. The molecule has 0 aromatic rings. The van der Waals surface area contributed by atoms with Gasteiger partial charge in [-0.3, -0.25) is 9.79 Å². The molecule has 76 valence electrons. The standard InChI is InChI=1S/C9H12N2O3/c1-10-8-2-7(4-12)3-11-9(8)5-14-6-13/h3-4,6-7,10H,2,5H2,1H3. The predicted octanol–water partition coefficient (Wildman–Crippen LogP) is -0.120. The summed E-state index contributed by atoms with van der Waals surface area (Å²) in [6.07, 6.45) is 3.00. The van der Waals surface area contributed by atoms with E-state index >= 15 is 0 Å². The first-order valence-electron chi connectivity index (χ1n) is 4.26. The number of nitrogens with zero attached hydrogens (tertiary/aromatic N) is 1. The average molecular weight is 196 g/mol. The van der Waals surface area contributed by atoms with Gasteiger partial charge >= 0.3 is 0 Å². The van der Waals surface area contributed by atoms with E-state index in [2.05, 4.69) is 15.0 Å². The summed E-state index contributed by atoms with van der Waals surface area (Å²) in [5.41, 5.74) is 1.50. The summed E-state index contributed by atoms with van der Waals surface area (Å²) in [6.45, 7) is 0.517. The smallest absolute Gasteiger partial charge is 0.293 e. The van der Waals surface area contributed by atoms with Crippen LogP contribution >= 0.6 is 0 Å². The Morgan fingerprint density at radius 1 is 1.71 bits per heavy atom. The summed E-state index contributed by atoms with van der Waals surface area (Å²) in [5, 5.41) is 2.94. The van der Waals surface area contributed by atoms with Crippen LogP contribution in [0, 0.1) is 5.92 Å². The first kappa shape index (κ1) is 10.4. The number of rotatable bonds is 5. The second kappa shape index (κ2) is 5.16. The lowest BCUT2D eigenvalue weighted by molar-refractivity contribution is -0.127. The highest BCUT2D eigenvalue weighted by atomic mass is 16.5. The van der Waals surface area contributed by atoms with Crippen molar-refractivity contribution < 1.29 is 14.3 Å². The summed E-state index contributed by atoms with van der Waals surface area (Å²) in [4.78, 5) is 24.6. The highest BCUT2D eigenvalue weighted by Gasteiger charge is 2.16. The number of carbonyl (C=O) groups excluding carboxylic acids is 2. The number of hydrogen-bond acceptors (Lipinski definition) is 5. The first-order valence-corrected chi connectivity index (χ1v) is 4.26. The van der Waals surface area contributed by atoms with Crippen LogP contribution in [0.5, 0.6) is 0 Å². The highest BCUT2D eigenvalue weighted by Crippen LogP contribution is 2.17. The summed E-state index contributed by atoms with van der Waals surface area (Å²) in [7, 11) is 1.75. The topological polar surface area (TPSA) is 67.8 Å². The molecule has 5 heteroatoms. The molecule has 0 aromatic heterocycles. The molecule has 1 atom stereocenters. The average Bonchev–Trinajstić information content (AvgIpc) is 2.26. The molecule has 1 rings (SSSR count). The summed E-state index contributed by atoms with van der Waals surface area (Å²) in [6, 6.07) is 0. The van der Waals surface area contributed by atoms with Crippen LogP contribution in [0.3, 0.4) is 0 Å². The number of carbonyl (C=O) groups is 2. The molecule has 0 bridgehead atoms. The maximum atomic E-state index is 10.5. The number of aldehydes is 1. The van der Waals surface area contributed by atoms with E-state index in [1.54, 1.807) is 13.3 Å². The summed E-state index contributed by atoms with van der Waals surface area (Å²) in [5.74, 6) is -0.183. The lowest BCUT2D eigenvalue weighted by Crippen LogP contribution is -2.20. The van der Waals surface area contributed by atoms with Crippen LogP contribution in [-0.2, 0) is 14.3 Å². The molecule has 0 amide bonds. The number of ether oxygens (including phenoxy) is 1. The van der Waals surface area contributed by atoms with Gasteiger partial charge < -0.3 is 14.8 Å². The number of aliphatic imine (C=N–C) groups is 1. The monoisotopic (exact) mass is 196 g/mol. The van der Waals surface area contributed by atoms with Gasteiger partial charge in [-0.05, 0) is 0 Å². The molecular formula is C9H12N2O3. The Morgan fingerprint density at radius 3 is 3.07 bits per heavy atom. The number of allylic oxidation sites excluding steroid dienone is 1. The van der Waals surface area contributed by atoms with Crippen molar-refractivity contribution in [1.29, 1.82) is 0 Å². The first-order chi connectivity index (χ1) is 6.81. The van der Waals surface area contributed by atoms with E-state index in [0.717, 1.165) is 12.0 Å². The van der Waals surface area contributed by atoms with Crippen molar-refractivity contribution in [2.45, 2.75) is 6.42 Å². The van der Waals surface area contributed by atoms with E-state index in [-0.39, 0.29) is 12.5 Å². The Kier molecular flexibility index (Phi) is 3.84. The van der Waals surface area contributed by atoms with Crippen LogP contribution in [0.15, 0.2) is 16.4 Å². The van der Waals surface area contributed by atoms with Gasteiger partial charge in [0.2, 0.25) is 0 Å². The Morgan fingerprint density at radius 2 is 2.50 bits per heavy atom. The van der Waals surface area contributed by atoms with Gasteiger partial charge in [-0.1, -0.05) is 0 Å². The van der Waals surface area contributed by atoms with Crippen LogP contribution < -0.4 is 5.32 Å². The van der Waals surface area contributed by atoms with E-state index in [1.165, 1.54) is 0 Å². The Hall–Kier alpha value is -1.65. The van der Waals surface area contributed by atoms with Crippen LogP contribution in [0.25, 0.3) is 0 Å². The van der Waals surface area contributed by atoms with E-state index < -0.39 is 0 Å². The SMILES string of the molecule is CNC1=C(COC=O)N=CC(C=O)C1. The molecule has 0 saturated carbocycles. The van der Waals surface area contributed by atoms with Crippen molar-refractivity contribution in [2.24, 2.45) is 10.9 Å². The molecule has 0 aromatic carbocycles. The van der Waals surface area contributed by atoms with Crippen molar-refractivity contribution >= 4 is 19.0 Å². The third-order valence-electron chi connectivity index (χ3n) is 1.97. The maximum absolute atomic E-state index is 10.5. The second-order valence-electron chi connectivity index (χ2n) is 2.86. The van der Waals surface area contributed by atoms with Crippen LogP contribution in [0.4, 0.5) is 0 Å². The Balaban J connectivity index is 2.70. The van der Waals surface area contributed by atoms with Gasteiger partial charge in [-0.25, -0.2) is 0 Å². The lowest BCUT2D eigenvalue weighted by Gasteiger charge is -2.17. The molecule has 0 radical (unpaired) electrons. The minimum Gasteiger partial charge on any atom is -0.461 e. The van der Waals surface area contributed by atoms with Gasteiger partial charge in [0.05, 0.1) is 11.6 Å². The molecule has 1 N–H and O–H groups in total. The zero-order valence-electron chi connectivity index (χ0n) is 7.90. The summed E-state index contributed by atoms with van der Waals surface area (Å²) >= 11 is 0. The fourth-order valence-electron chi connectivity index (χ4n) is 1.24. The predicted molar refractivity (Wildman–Crippen MR) is 50.8 cm³/mol. The van der Waals surface area contributed by atoms with Gasteiger partial charge in [0.15, 0.2) is 0 Å². The number of nitrogens with one attached hydrogen (secondary N) is 1. The van der Waals surface area contributed by atoms with Crippen LogP contribution in [-0.4, -0.2) is 32.6 Å². The van der Waals surface area contributed by atoms with E-state index in [4.69, 9.17) is 0 Å². The Labute approximate surface area is 81.8 Å². The normalized spacial score (nSPS) is 20.5. The fourth-order valence-corrected chi connectivity index (χ4v) is 1.24. The van der Waals surface area contributed by atoms with Gasteiger partial charge in [0.25, 0.3) is 6.47 Å². The minimum atomic E-state index is -0.183. The van der Waals surface area contributed by atoms with Gasteiger partial charge in [0.1, 0.15) is 12.9 Å². The third-order valence-corrected chi connectivity index (χ3v) is 1.97. The van der Waals surface area contributed by atoms with Gasteiger partial charge in [-0.2, -0.15) is 0 Å². The summed E-state index contributed by atoms with van der Waals surface area (Å²) < 4.78 is 4.59. The molecular weight excluding hydrogens is 184 g/mol. The fraction of sp³-hybridized carbons (Fsp3) is 0.444. The second-order valence-corrected chi connectivity index (χ2v) is 2.86. The van der Waals surface area contributed by atoms with Gasteiger partial charge in [-0.15, -0.1) is 0 Å². The molecule has 14 heavy (non-hydrogen) atoms. The Bertz CT molecular complexity index is 284. The third kappa shape index (κ3) is 2.42. The molecule has 0 fully saturated rings. The van der Waals surface area contributed by atoms with Gasteiger partial charge in [0, 0.05) is 25.4 Å². The van der Waals surface area contributed by atoms with E-state index in [0.29, 0.717) is 18.6 Å². The lowest BCUT2D eigenvalue weighted by atomic mass is 10.0. The molecule has 1 aliphatic rings. The molecule has 0 aliphatic carbocycles. The van der Waals surface area contributed by atoms with Crippen LogP contribution in [0.1, 0.15) is 6.42 Å². The quantitative estimate of drug-likeness (QED) is 0.622. The van der Waals surface area contributed by atoms with Crippen molar-refractivity contribution in [3.63, 3.8) is 0 Å². The van der Waals surface area contributed by atoms with E-state index in [1.807, 2.05) is 0 Å². The largest absolute Gasteiger partial charge is 0.461 e. The minimum absolute atomic E-state index is 0.141. The highest BCUT2D eigenvalue weighted by molar-refractivity contribution is 5.82. The molecule has 0 saturated heterocycles. The molecule has 1 unspecified atom stereocenters. The van der Waals surface area contributed by atoms with Crippen LogP contribution in [0.2, 0.25) is 0 Å². The molecule has 0 spiro atoms. The maximum Gasteiger partial charge on any atom is 0.293 e. The van der Waals surface area contributed by atoms with Crippen molar-refractivity contribution in [3.05, 3.63) is 11.4 Å².